The summed E-state index contributed by atoms with van der Waals surface area (Å²) in [6, 6.07) is -0.448. The number of carboxylic acid groups (broad SMARTS) is 1. The van der Waals surface area contributed by atoms with Crippen molar-refractivity contribution in [1.82, 2.24) is 9.80 Å². The molecule has 1 aliphatic rings. The Morgan fingerprint density at radius 3 is 2.53 bits per heavy atom. The molecule has 0 aliphatic carbocycles. The predicted molar refractivity (Wildman–Crippen MR) is 71.9 cm³/mol. The number of nitrogens with two attached hydrogens (primary N) is 1. The van der Waals surface area contributed by atoms with E-state index in [0.29, 0.717) is 6.54 Å². The van der Waals surface area contributed by atoms with E-state index in [1.165, 1.54) is 0 Å². The van der Waals surface area contributed by atoms with Crippen molar-refractivity contribution < 1.29 is 19.5 Å². The number of hydrogen-bond acceptors (Lipinski definition) is 4. The number of hydrogen-bond donors (Lipinski definition) is 2. The topological polar surface area (TPSA) is 104 Å². The molecule has 1 heterocycles. The molecule has 0 aromatic rings. The van der Waals surface area contributed by atoms with Gasteiger partial charge in [0, 0.05) is 23.6 Å². The Morgan fingerprint density at radius 2 is 2.00 bits per heavy atom. The largest absolute Gasteiger partial charge is 0.480 e. The summed E-state index contributed by atoms with van der Waals surface area (Å²) in [7, 11) is 0. The minimum atomic E-state index is -1.17. The van der Waals surface area contributed by atoms with Gasteiger partial charge in [-0.05, 0) is 6.92 Å². The van der Waals surface area contributed by atoms with Crippen LogP contribution in [0.5, 0.6) is 0 Å². The van der Waals surface area contributed by atoms with Gasteiger partial charge in [0.25, 0.3) is 0 Å². The van der Waals surface area contributed by atoms with Crippen LogP contribution in [0.15, 0.2) is 0 Å². The average Bonchev–Trinajstić information content (AvgIpc) is 2.30. The smallest absolute Gasteiger partial charge is 0.323 e. The van der Waals surface area contributed by atoms with Crippen molar-refractivity contribution in [3.05, 3.63) is 0 Å². The number of carbonyl (C=O) groups is 3. The maximum atomic E-state index is 12.3. The average molecular weight is 289 g/mol. The predicted octanol–water partition coefficient (Wildman–Crippen LogP) is -0.196. The molecule has 1 aliphatic heterocycles. The molecule has 2 unspecified atom stereocenters. The van der Waals surface area contributed by atoms with Gasteiger partial charge in [-0.2, -0.15) is 11.8 Å². The summed E-state index contributed by atoms with van der Waals surface area (Å²) in [5, 5.41) is 9.07. The molecule has 8 heteroatoms. The van der Waals surface area contributed by atoms with Gasteiger partial charge >= 0.3 is 12.0 Å². The van der Waals surface area contributed by atoms with Crippen molar-refractivity contribution in [3.63, 3.8) is 0 Å². The molecular weight excluding hydrogens is 270 g/mol. The van der Waals surface area contributed by atoms with Crippen LogP contribution in [0.4, 0.5) is 4.79 Å². The molecule has 7 nitrogen and oxygen atoms in total. The summed E-state index contributed by atoms with van der Waals surface area (Å²) < 4.78 is 0. The summed E-state index contributed by atoms with van der Waals surface area (Å²) in [6.45, 7) is 3.58. The third-order valence-electron chi connectivity index (χ3n) is 3.07. The number of aliphatic carboxylic acids is 1. The van der Waals surface area contributed by atoms with Gasteiger partial charge in [-0.3, -0.25) is 9.59 Å². The Bertz CT molecular complexity index is 361. The fourth-order valence-corrected chi connectivity index (χ4v) is 3.03. The van der Waals surface area contributed by atoms with Crippen LogP contribution in [0.1, 0.15) is 13.8 Å². The highest BCUT2D eigenvalue weighted by Crippen LogP contribution is 2.25. The Balaban J connectivity index is 2.79. The van der Waals surface area contributed by atoms with Crippen LogP contribution in [-0.2, 0) is 9.59 Å². The second-order valence-electron chi connectivity index (χ2n) is 4.51. The molecule has 0 bridgehead atoms. The zero-order valence-electron chi connectivity index (χ0n) is 11.0. The number of urea groups is 1. The highest BCUT2D eigenvalue weighted by Gasteiger charge is 2.32. The summed E-state index contributed by atoms with van der Waals surface area (Å²) in [5.41, 5.74) is 5.05. The molecular formula is C11H19N3O4S. The van der Waals surface area contributed by atoms with Crippen molar-refractivity contribution in [1.29, 1.82) is 0 Å². The standard InChI is InChI=1S/C11H19N3O4S/c1-7-8(2)19-4-3-14(7)11(18)13(5-9(12)15)6-10(16)17/h7-8H,3-6H2,1-2H3,(H2,12,15)(H,16,17). The maximum Gasteiger partial charge on any atom is 0.323 e. The molecule has 1 fully saturated rings. The van der Waals surface area contributed by atoms with E-state index in [-0.39, 0.29) is 17.8 Å². The van der Waals surface area contributed by atoms with Gasteiger partial charge in [0.15, 0.2) is 0 Å². The lowest BCUT2D eigenvalue weighted by Crippen LogP contribution is -2.55. The first-order valence-electron chi connectivity index (χ1n) is 6.00. The van der Waals surface area contributed by atoms with E-state index in [9.17, 15) is 14.4 Å². The highest BCUT2D eigenvalue weighted by molar-refractivity contribution is 8.00. The molecule has 2 atom stereocenters. The van der Waals surface area contributed by atoms with Crippen LogP contribution in [-0.4, -0.2) is 69.5 Å². The number of nitrogens with zero attached hydrogens (tertiary/aromatic N) is 2. The van der Waals surface area contributed by atoms with E-state index < -0.39 is 24.5 Å². The van der Waals surface area contributed by atoms with E-state index in [1.807, 2.05) is 13.8 Å². The monoisotopic (exact) mass is 289 g/mol. The molecule has 0 spiro atoms. The van der Waals surface area contributed by atoms with Crippen LogP contribution in [0.3, 0.4) is 0 Å². The number of carbonyl (C=O) groups excluding carboxylic acids is 2. The SMILES string of the molecule is CC1SCCN(C(=O)N(CC(N)=O)CC(=O)O)C1C. The third-order valence-corrected chi connectivity index (χ3v) is 4.41. The van der Waals surface area contributed by atoms with Crippen molar-refractivity contribution in [3.8, 4) is 0 Å². The fraction of sp³-hybridized carbons (Fsp3) is 0.727. The first-order valence-corrected chi connectivity index (χ1v) is 7.05. The third kappa shape index (κ3) is 4.30. The van der Waals surface area contributed by atoms with Crippen LogP contribution in [0, 0.1) is 0 Å². The van der Waals surface area contributed by atoms with Crippen LogP contribution in [0.2, 0.25) is 0 Å². The van der Waals surface area contributed by atoms with Crippen LogP contribution in [0.25, 0.3) is 0 Å². The molecule has 108 valence electrons. The second-order valence-corrected chi connectivity index (χ2v) is 5.99. The molecule has 1 saturated heterocycles. The van der Waals surface area contributed by atoms with Gasteiger partial charge in [0.05, 0.1) is 0 Å². The summed E-state index contributed by atoms with van der Waals surface area (Å²) >= 11 is 1.77. The molecule has 3 N–H and O–H groups in total. The van der Waals surface area contributed by atoms with Crippen molar-refractivity contribution in [2.45, 2.75) is 25.1 Å². The van der Waals surface area contributed by atoms with Gasteiger partial charge in [-0.25, -0.2) is 4.79 Å². The van der Waals surface area contributed by atoms with Gasteiger partial charge in [-0.15, -0.1) is 0 Å². The first-order chi connectivity index (χ1) is 8.82. The quantitative estimate of drug-likeness (QED) is 0.746. The Kier molecular flexibility index (Phi) is 5.46. The number of thioether (sulfide) groups is 1. The minimum absolute atomic E-state index is 0.00424. The molecule has 3 amide bonds. The van der Waals surface area contributed by atoms with E-state index in [4.69, 9.17) is 10.8 Å². The molecule has 0 aromatic carbocycles. The maximum absolute atomic E-state index is 12.3. The van der Waals surface area contributed by atoms with Crippen LogP contribution >= 0.6 is 11.8 Å². The number of carboxylic acids is 1. The zero-order valence-corrected chi connectivity index (χ0v) is 11.9. The van der Waals surface area contributed by atoms with Crippen molar-refractivity contribution in [2.24, 2.45) is 5.73 Å². The summed E-state index contributed by atoms with van der Waals surface area (Å²) in [5.74, 6) is -1.09. The highest BCUT2D eigenvalue weighted by atomic mass is 32.2. The van der Waals surface area contributed by atoms with E-state index in [0.717, 1.165) is 10.7 Å². The Hall–Kier alpha value is -1.44. The van der Waals surface area contributed by atoms with Gasteiger partial charge in [0.1, 0.15) is 13.1 Å². The second kappa shape index (κ2) is 6.65. The molecule has 0 aromatic heterocycles. The summed E-state index contributed by atoms with van der Waals surface area (Å²) in [4.78, 5) is 36.6. The zero-order chi connectivity index (χ0) is 14.6. The fourth-order valence-electron chi connectivity index (χ4n) is 1.93. The lowest BCUT2D eigenvalue weighted by molar-refractivity contribution is -0.138. The van der Waals surface area contributed by atoms with E-state index >= 15 is 0 Å². The van der Waals surface area contributed by atoms with Crippen molar-refractivity contribution >= 4 is 29.7 Å². The molecule has 0 radical (unpaired) electrons. The number of rotatable bonds is 4. The molecule has 0 saturated carbocycles. The van der Waals surface area contributed by atoms with Crippen molar-refractivity contribution in [2.75, 3.05) is 25.4 Å². The first kappa shape index (κ1) is 15.6. The summed E-state index contributed by atoms with van der Waals surface area (Å²) in [6.07, 6.45) is 0. The lowest BCUT2D eigenvalue weighted by atomic mass is 10.2. The molecule has 19 heavy (non-hydrogen) atoms. The Labute approximate surface area is 116 Å². The van der Waals surface area contributed by atoms with Crippen LogP contribution < -0.4 is 5.73 Å². The van der Waals surface area contributed by atoms with E-state index in [1.54, 1.807) is 16.7 Å². The normalized spacial score (nSPS) is 22.9. The van der Waals surface area contributed by atoms with E-state index in [2.05, 4.69) is 0 Å². The van der Waals surface area contributed by atoms with Gasteiger partial charge in [0.2, 0.25) is 5.91 Å². The van der Waals surface area contributed by atoms with Gasteiger partial charge in [-0.1, -0.05) is 6.92 Å². The lowest BCUT2D eigenvalue weighted by Gasteiger charge is -2.39. The van der Waals surface area contributed by atoms with Gasteiger partial charge < -0.3 is 20.6 Å². The Morgan fingerprint density at radius 1 is 1.37 bits per heavy atom. The number of primary amides is 1. The minimum Gasteiger partial charge on any atom is -0.480 e. The number of amides is 3. The molecule has 1 rings (SSSR count).